The van der Waals surface area contributed by atoms with Crippen LogP contribution in [0.2, 0.25) is 0 Å². The molecule has 0 spiro atoms. The van der Waals surface area contributed by atoms with E-state index in [2.05, 4.69) is 0 Å². The number of carbonyl (C=O) groups is 2. The quantitative estimate of drug-likeness (QED) is 0.807. The molecule has 4 nitrogen and oxygen atoms in total. The van der Waals surface area contributed by atoms with E-state index in [1.807, 2.05) is 23.6 Å². The van der Waals surface area contributed by atoms with Gasteiger partial charge >= 0.3 is 0 Å². The third kappa shape index (κ3) is 2.53. The van der Waals surface area contributed by atoms with E-state index in [0.29, 0.717) is 4.88 Å². The van der Waals surface area contributed by atoms with E-state index < -0.39 is 5.91 Å². The highest BCUT2D eigenvalue weighted by Gasteiger charge is 2.38. The molecule has 0 saturated carbocycles. The first-order chi connectivity index (χ1) is 10.6. The monoisotopic (exact) mass is 333 g/mol. The first-order valence-corrected chi connectivity index (χ1v) is 7.80. The molecule has 2 aromatic rings. The highest BCUT2D eigenvalue weighted by Crippen LogP contribution is 2.34. The van der Waals surface area contributed by atoms with E-state index in [4.69, 9.17) is 16.3 Å². The van der Waals surface area contributed by atoms with Crippen LogP contribution in [0, 0.1) is 0 Å². The molecular formula is C16H12ClNO3S. The molecule has 0 unspecified atom stereocenters. The van der Waals surface area contributed by atoms with Gasteiger partial charge in [-0.15, -0.1) is 11.3 Å². The molecule has 2 heterocycles. The number of hydrogen-bond acceptors (Lipinski definition) is 4. The second kappa shape index (κ2) is 5.94. The Hall–Kier alpha value is -2.11. The Bertz CT molecular complexity index is 750. The van der Waals surface area contributed by atoms with Crippen molar-refractivity contribution in [2.75, 3.05) is 7.11 Å². The number of ether oxygens (including phenoxy) is 1. The SMILES string of the molecule is COc1ccc(CN2C(=O)C(Cl)=C(c3cccs3)C2=O)cc1. The average molecular weight is 334 g/mol. The van der Waals surface area contributed by atoms with Crippen LogP contribution in [0.25, 0.3) is 5.57 Å². The van der Waals surface area contributed by atoms with Gasteiger partial charge in [-0.25, -0.2) is 0 Å². The molecule has 0 fully saturated rings. The molecule has 0 saturated heterocycles. The summed E-state index contributed by atoms with van der Waals surface area (Å²) in [6.07, 6.45) is 0. The van der Waals surface area contributed by atoms with E-state index in [0.717, 1.165) is 11.3 Å². The number of nitrogens with zero attached hydrogens (tertiary/aromatic N) is 1. The summed E-state index contributed by atoms with van der Waals surface area (Å²) in [5.41, 5.74) is 1.12. The van der Waals surface area contributed by atoms with Gasteiger partial charge in [0.05, 0.1) is 19.2 Å². The minimum Gasteiger partial charge on any atom is -0.497 e. The number of carbonyl (C=O) groups excluding carboxylic acids is 2. The predicted molar refractivity (Wildman–Crippen MR) is 85.6 cm³/mol. The molecule has 1 aliphatic heterocycles. The molecule has 1 aliphatic rings. The lowest BCUT2D eigenvalue weighted by Gasteiger charge is -2.14. The van der Waals surface area contributed by atoms with Crippen LogP contribution >= 0.6 is 22.9 Å². The van der Waals surface area contributed by atoms with Crippen molar-refractivity contribution in [2.45, 2.75) is 6.54 Å². The molecule has 2 amide bonds. The summed E-state index contributed by atoms with van der Waals surface area (Å²) in [7, 11) is 1.58. The third-order valence-electron chi connectivity index (χ3n) is 3.38. The summed E-state index contributed by atoms with van der Waals surface area (Å²) in [6.45, 7) is 0.187. The molecule has 1 aromatic heterocycles. The van der Waals surface area contributed by atoms with Crippen LogP contribution in [-0.2, 0) is 16.1 Å². The largest absolute Gasteiger partial charge is 0.497 e. The molecule has 112 valence electrons. The zero-order chi connectivity index (χ0) is 15.7. The highest BCUT2D eigenvalue weighted by molar-refractivity contribution is 7.11. The maximum Gasteiger partial charge on any atom is 0.273 e. The maximum atomic E-state index is 12.5. The van der Waals surface area contributed by atoms with Gasteiger partial charge < -0.3 is 4.74 Å². The van der Waals surface area contributed by atoms with E-state index in [1.165, 1.54) is 16.2 Å². The Morgan fingerprint density at radius 1 is 1.14 bits per heavy atom. The predicted octanol–water partition coefficient (Wildman–Crippen LogP) is 3.28. The summed E-state index contributed by atoms with van der Waals surface area (Å²) in [4.78, 5) is 26.6. The number of rotatable bonds is 4. The Morgan fingerprint density at radius 2 is 1.86 bits per heavy atom. The summed E-state index contributed by atoms with van der Waals surface area (Å²) in [5, 5.41) is 1.83. The molecule has 3 rings (SSSR count). The minimum absolute atomic E-state index is 0.0130. The van der Waals surface area contributed by atoms with Gasteiger partial charge in [0.25, 0.3) is 11.8 Å². The topological polar surface area (TPSA) is 46.6 Å². The number of methoxy groups -OCH3 is 1. The Labute approximate surface area is 136 Å². The normalized spacial score (nSPS) is 14.9. The number of halogens is 1. The van der Waals surface area contributed by atoms with Gasteiger partial charge in [-0.05, 0) is 29.1 Å². The second-order valence-electron chi connectivity index (χ2n) is 4.71. The standard InChI is InChI=1S/C16H12ClNO3S/c1-21-11-6-4-10(5-7-11)9-18-15(19)13(14(17)16(18)20)12-3-2-8-22-12/h2-8H,9H2,1H3. The molecule has 0 radical (unpaired) electrons. The lowest BCUT2D eigenvalue weighted by Crippen LogP contribution is -2.30. The number of benzene rings is 1. The molecule has 6 heteroatoms. The fourth-order valence-corrected chi connectivity index (χ4v) is 3.35. The van der Waals surface area contributed by atoms with Crippen LogP contribution in [0.5, 0.6) is 5.75 Å². The molecule has 1 aromatic carbocycles. The van der Waals surface area contributed by atoms with Crippen molar-refractivity contribution in [2.24, 2.45) is 0 Å². The second-order valence-corrected chi connectivity index (χ2v) is 6.04. The lowest BCUT2D eigenvalue weighted by atomic mass is 10.2. The first-order valence-electron chi connectivity index (χ1n) is 6.54. The van der Waals surface area contributed by atoms with Crippen molar-refractivity contribution in [3.05, 3.63) is 57.3 Å². The molecule has 0 bridgehead atoms. The maximum absolute atomic E-state index is 12.5. The van der Waals surface area contributed by atoms with Gasteiger partial charge in [0.1, 0.15) is 10.8 Å². The van der Waals surface area contributed by atoms with Crippen molar-refractivity contribution in [1.82, 2.24) is 4.90 Å². The first kappa shape index (κ1) is 14.8. The molecule has 0 N–H and O–H groups in total. The van der Waals surface area contributed by atoms with Crippen molar-refractivity contribution < 1.29 is 14.3 Å². The Balaban J connectivity index is 1.84. The molecule has 0 atom stereocenters. The number of amides is 2. The van der Waals surface area contributed by atoms with E-state index >= 15 is 0 Å². The zero-order valence-electron chi connectivity index (χ0n) is 11.7. The van der Waals surface area contributed by atoms with Crippen LogP contribution < -0.4 is 4.74 Å². The number of hydrogen-bond donors (Lipinski definition) is 0. The third-order valence-corrected chi connectivity index (χ3v) is 4.62. The van der Waals surface area contributed by atoms with Crippen LogP contribution in [0.3, 0.4) is 0 Å². The summed E-state index contributed by atoms with van der Waals surface area (Å²) in [6, 6.07) is 10.8. The van der Waals surface area contributed by atoms with Crippen molar-refractivity contribution in [3.63, 3.8) is 0 Å². The Morgan fingerprint density at radius 3 is 2.45 bits per heavy atom. The van der Waals surface area contributed by atoms with Crippen molar-refractivity contribution >= 4 is 40.3 Å². The van der Waals surface area contributed by atoms with Gasteiger partial charge in [-0.3, -0.25) is 14.5 Å². The average Bonchev–Trinajstić information content (AvgIpc) is 3.12. The van der Waals surface area contributed by atoms with E-state index in [-0.39, 0.29) is 23.1 Å². The van der Waals surface area contributed by atoms with Crippen LogP contribution in [-0.4, -0.2) is 23.8 Å². The van der Waals surface area contributed by atoms with Gasteiger partial charge in [-0.2, -0.15) is 0 Å². The molecule has 0 aliphatic carbocycles. The Kier molecular flexibility index (Phi) is 4.00. The van der Waals surface area contributed by atoms with Crippen LogP contribution in [0.15, 0.2) is 46.8 Å². The smallest absolute Gasteiger partial charge is 0.273 e. The van der Waals surface area contributed by atoms with E-state index in [9.17, 15) is 9.59 Å². The summed E-state index contributed by atoms with van der Waals surface area (Å²) < 4.78 is 5.09. The lowest BCUT2D eigenvalue weighted by molar-refractivity contribution is -0.137. The van der Waals surface area contributed by atoms with Gasteiger partial charge in [0.2, 0.25) is 0 Å². The zero-order valence-corrected chi connectivity index (χ0v) is 13.3. The van der Waals surface area contributed by atoms with Crippen LogP contribution in [0.1, 0.15) is 10.4 Å². The summed E-state index contributed by atoms with van der Waals surface area (Å²) in [5.74, 6) is -0.0857. The highest BCUT2D eigenvalue weighted by atomic mass is 35.5. The van der Waals surface area contributed by atoms with Gasteiger partial charge in [0, 0.05) is 4.88 Å². The summed E-state index contributed by atoms with van der Waals surface area (Å²) >= 11 is 7.46. The van der Waals surface area contributed by atoms with Gasteiger partial charge in [0.15, 0.2) is 0 Å². The molecule has 22 heavy (non-hydrogen) atoms. The van der Waals surface area contributed by atoms with Gasteiger partial charge in [-0.1, -0.05) is 29.8 Å². The molecular weight excluding hydrogens is 322 g/mol. The minimum atomic E-state index is -0.453. The van der Waals surface area contributed by atoms with Crippen LogP contribution in [0.4, 0.5) is 0 Å². The fourth-order valence-electron chi connectivity index (χ4n) is 2.24. The number of imide groups is 1. The van der Waals surface area contributed by atoms with E-state index in [1.54, 1.807) is 25.3 Å². The number of thiophene rings is 1. The van der Waals surface area contributed by atoms with Crippen molar-refractivity contribution in [3.8, 4) is 5.75 Å². The fraction of sp³-hybridized carbons (Fsp3) is 0.125. The van der Waals surface area contributed by atoms with Crippen molar-refractivity contribution in [1.29, 1.82) is 0 Å².